The van der Waals surface area contributed by atoms with Gasteiger partial charge >= 0.3 is 0 Å². The Bertz CT molecular complexity index is 1420. The lowest BCUT2D eigenvalue weighted by molar-refractivity contribution is 0.0772. The molecule has 1 aromatic heterocycles. The van der Waals surface area contributed by atoms with Gasteiger partial charge in [-0.25, -0.2) is 0 Å². The van der Waals surface area contributed by atoms with Crippen molar-refractivity contribution >= 4 is 11.5 Å². The van der Waals surface area contributed by atoms with Crippen molar-refractivity contribution in [3.8, 4) is 5.75 Å². The van der Waals surface area contributed by atoms with Gasteiger partial charge < -0.3 is 15.4 Å². The van der Waals surface area contributed by atoms with Crippen LogP contribution in [0, 0.1) is 0 Å². The second-order valence-electron chi connectivity index (χ2n) is 9.68. The Balaban J connectivity index is 1.31. The van der Waals surface area contributed by atoms with Crippen LogP contribution < -0.4 is 10.5 Å². The number of ether oxygens (including phenoxy) is 1. The molecule has 2 heterocycles. The third kappa shape index (κ3) is 5.84. The normalized spacial score (nSPS) is 14.1. The number of amides is 1. The summed E-state index contributed by atoms with van der Waals surface area (Å²) in [5.74, 6) is 1.00. The smallest absolute Gasteiger partial charge is 0.255 e. The Morgan fingerprint density at radius 2 is 1.71 bits per heavy atom. The first-order valence-electron chi connectivity index (χ1n) is 13.1. The number of rotatable bonds is 8. The lowest BCUT2D eigenvalue weighted by Gasteiger charge is -2.28. The van der Waals surface area contributed by atoms with E-state index in [1.54, 1.807) is 6.20 Å². The first-order valence-corrected chi connectivity index (χ1v) is 13.1. The van der Waals surface area contributed by atoms with Crippen molar-refractivity contribution in [3.05, 3.63) is 137 Å². The van der Waals surface area contributed by atoms with E-state index in [0.717, 1.165) is 34.4 Å². The van der Waals surface area contributed by atoms with Crippen LogP contribution in [0.4, 0.5) is 0 Å². The molecule has 0 saturated carbocycles. The lowest BCUT2D eigenvalue weighted by Crippen LogP contribution is -2.34. The molecular weight excluding hydrogens is 470 g/mol. The monoisotopic (exact) mass is 503 g/mol. The van der Waals surface area contributed by atoms with Gasteiger partial charge in [-0.1, -0.05) is 79.7 Å². The molecule has 0 aliphatic carbocycles. The first-order chi connectivity index (χ1) is 18.6. The molecule has 3 aromatic carbocycles. The number of carbonyl (C=O) groups excluding carboxylic acids is 1. The quantitative estimate of drug-likeness (QED) is 0.311. The van der Waals surface area contributed by atoms with Gasteiger partial charge in [-0.2, -0.15) is 0 Å². The molecule has 38 heavy (non-hydrogen) atoms. The van der Waals surface area contributed by atoms with Crippen LogP contribution in [0.5, 0.6) is 5.75 Å². The molecule has 4 aromatic rings. The zero-order chi connectivity index (χ0) is 26.3. The summed E-state index contributed by atoms with van der Waals surface area (Å²) in [6, 6.07) is 28.5. The zero-order valence-electron chi connectivity index (χ0n) is 21.7. The van der Waals surface area contributed by atoms with Gasteiger partial charge in [-0.15, -0.1) is 0 Å². The minimum Gasteiger partial charge on any atom is -0.488 e. The summed E-state index contributed by atoms with van der Waals surface area (Å²) in [6.45, 7) is 4.28. The minimum absolute atomic E-state index is 0.00571. The number of nitrogens with two attached hydrogens (primary N) is 1. The van der Waals surface area contributed by atoms with Gasteiger partial charge in [-0.3, -0.25) is 9.78 Å². The number of aromatic nitrogens is 1. The third-order valence-corrected chi connectivity index (χ3v) is 7.17. The Kier molecular flexibility index (Phi) is 7.95. The van der Waals surface area contributed by atoms with Crippen LogP contribution in [0.3, 0.4) is 0 Å². The van der Waals surface area contributed by atoms with Crippen molar-refractivity contribution in [2.45, 2.75) is 32.4 Å². The molecule has 1 amide bonds. The summed E-state index contributed by atoms with van der Waals surface area (Å²) in [5.41, 5.74) is 13.2. The van der Waals surface area contributed by atoms with Gasteiger partial charge in [0, 0.05) is 43.5 Å². The van der Waals surface area contributed by atoms with Crippen molar-refractivity contribution in [1.82, 2.24) is 9.88 Å². The van der Waals surface area contributed by atoms with Crippen LogP contribution in [0.25, 0.3) is 5.57 Å². The SMILES string of the molecule is CC(c1ccccc1)c1cncc(C(=O)N2CC=C(c3cc(CN)ccc3OCc3ccccc3)CC2)c1. The number of hydrogen-bond acceptors (Lipinski definition) is 4. The lowest BCUT2D eigenvalue weighted by atomic mass is 9.93. The number of pyridine rings is 1. The zero-order valence-corrected chi connectivity index (χ0v) is 21.7. The summed E-state index contributed by atoms with van der Waals surface area (Å²) in [5, 5.41) is 0. The predicted molar refractivity (Wildman–Crippen MR) is 152 cm³/mol. The molecule has 0 radical (unpaired) electrons. The van der Waals surface area contributed by atoms with Crippen LogP contribution in [-0.2, 0) is 13.2 Å². The third-order valence-electron chi connectivity index (χ3n) is 7.17. The predicted octanol–water partition coefficient (Wildman–Crippen LogP) is 6.20. The van der Waals surface area contributed by atoms with Crippen LogP contribution >= 0.6 is 0 Å². The second-order valence-corrected chi connectivity index (χ2v) is 9.68. The van der Waals surface area contributed by atoms with E-state index in [-0.39, 0.29) is 11.8 Å². The summed E-state index contributed by atoms with van der Waals surface area (Å²) in [6.07, 6.45) is 6.40. The summed E-state index contributed by atoms with van der Waals surface area (Å²) >= 11 is 0. The van der Waals surface area contributed by atoms with E-state index >= 15 is 0 Å². The van der Waals surface area contributed by atoms with Crippen LogP contribution in [0.1, 0.15) is 57.4 Å². The van der Waals surface area contributed by atoms with Crippen LogP contribution in [0.2, 0.25) is 0 Å². The highest BCUT2D eigenvalue weighted by molar-refractivity contribution is 5.94. The van der Waals surface area contributed by atoms with Gasteiger partial charge in [0.15, 0.2) is 0 Å². The summed E-state index contributed by atoms with van der Waals surface area (Å²) in [7, 11) is 0. The van der Waals surface area contributed by atoms with Gasteiger partial charge in [0.1, 0.15) is 12.4 Å². The Morgan fingerprint density at radius 1 is 0.947 bits per heavy atom. The fourth-order valence-corrected chi connectivity index (χ4v) is 4.84. The fourth-order valence-electron chi connectivity index (χ4n) is 4.84. The molecule has 5 rings (SSSR count). The fraction of sp³-hybridized carbons (Fsp3) is 0.212. The van der Waals surface area contributed by atoms with E-state index in [1.807, 2.05) is 65.7 Å². The molecular formula is C33H33N3O2. The first kappa shape index (κ1) is 25.4. The molecule has 5 heteroatoms. The molecule has 0 fully saturated rings. The van der Waals surface area contributed by atoms with Crippen molar-refractivity contribution in [1.29, 1.82) is 0 Å². The highest BCUT2D eigenvalue weighted by Gasteiger charge is 2.22. The Labute approximate surface area is 224 Å². The molecule has 0 spiro atoms. The maximum atomic E-state index is 13.4. The van der Waals surface area contributed by atoms with Gasteiger partial charge in [-0.05, 0) is 52.4 Å². The van der Waals surface area contributed by atoms with E-state index in [0.29, 0.717) is 31.8 Å². The average molecular weight is 504 g/mol. The van der Waals surface area contributed by atoms with Crippen molar-refractivity contribution in [3.63, 3.8) is 0 Å². The van der Waals surface area contributed by atoms with Crippen molar-refractivity contribution in [2.75, 3.05) is 13.1 Å². The Morgan fingerprint density at radius 3 is 2.42 bits per heavy atom. The van der Waals surface area contributed by atoms with E-state index in [4.69, 9.17) is 10.5 Å². The molecule has 192 valence electrons. The van der Waals surface area contributed by atoms with E-state index in [2.05, 4.69) is 48.3 Å². The summed E-state index contributed by atoms with van der Waals surface area (Å²) in [4.78, 5) is 19.7. The van der Waals surface area contributed by atoms with Crippen molar-refractivity contribution in [2.24, 2.45) is 5.73 Å². The summed E-state index contributed by atoms with van der Waals surface area (Å²) < 4.78 is 6.22. The molecule has 1 atom stereocenters. The largest absolute Gasteiger partial charge is 0.488 e. The highest BCUT2D eigenvalue weighted by atomic mass is 16.5. The van der Waals surface area contributed by atoms with E-state index in [9.17, 15) is 4.79 Å². The minimum atomic E-state index is 0.00571. The maximum absolute atomic E-state index is 13.4. The van der Waals surface area contributed by atoms with E-state index < -0.39 is 0 Å². The van der Waals surface area contributed by atoms with Gasteiger partial charge in [0.25, 0.3) is 5.91 Å². The average Bonchev–Trinajstić information content (AvgIpc) is 3.00. The molecule has 0 saturated heterocycles. The highest BCUT2D eigenvalue weighted by Crippen LogP contribution is 2.32. The van der Waals surface area contributed by atoms with E-state index in [1.165, 1.54) is 11.1 Å². The molecule has 2 N–H and O–H groups in total. The molecule has 1 unspecified atom stereocenters. The van der Waals surface area contributed by atoms with Crippen molar-refractivity contribution < 1.29 is 9.53 Å². The van der Waals surface area contributed by atoms with Gasteiger partial charge in [0.2, 0.25) is 0 Å². The second kappa shape index (κ2) is 11.9. The molecule has 0 bridgehead atoms. The van der Waals surface area contributed by atoms with Crippen LogP contribution in [-0.4, -0.2) is 28.9 Å². The Hall–Kier alpha value is -4.22. The molecule has 1 aliphatic heterocycles. The van der Waals surface area contributed by atoms with Crippen LogP contribution in [0.15, 0.2) is 103 Å². The number of nitrogens with zero attached hydrogens (tertiary/aromatic N) is 2. The number of hydrogen-bond donors (Lipinski definition) is 1. The van der Waals surface area contributed by atoms with Gasteiger partial charge in [0.05, 0.1) is 5.56 Å². The molecule has 1 aliphatic rings. The molecule has 5 nitrogen and oxygen atoms in total. The number of benzene rings is 3. The topological polar surface area (TPSA) is 68.5 Å². The maximum Gasteiger partial charge on any atom is 0.255 e. The standard InChI is InChI=1S/C33H33N3O2/c1-24(27-10-6-3-7-11-27)29-19-30(22-35-21-29)33(37)36-16-14-28(15-17-36)31-18-26(20-34)12-13-32(31)38-23-25-8-4-2-5-9-25/h2-14,18-19,21-22,24H,15-17,20,23,34H2,1H3. The number of carbonyl (C=O) groups is 1.